The van der Waals surface area contributed by atoms with E-state index in [0.29, 0.717) is 0 Å². The third-order valence-electron chi connectivity index (χ3n) is 2.56. The number of rotatable bonds is 2. The molecule has 92 valence electrons. The smallest absolute Gasteiger partial charge is 0.0860 e. The number of benzene rings is 2. The Bertz CT molecular complexity index is 553. The first-order valence-corrected chi connectivity index (χ1v) is 7.66. The molecule has 0 aliphatic carbocycles. The second-order valence-electron chi connectivity index (χ2n) is 4.07. The molecule has 0 aromatic heterocycles. The van der Waals surface area contributed by atoms with E-state index in [1.54, 1.807) is 0 Å². The summed E-state index contributed by atoms with van der Waals surface area (Å²) in [5, 5.41) is 8.54. The average Bonchev–Trinajstić information content (AvgIpc) is 2.35. The molecule has 4 heteroatoms. The van der Waals surface area contributed by atoms with Crippen LogP contribution in [0.1, 0.15) is 11.1 Å². The number of nitrogens with zero attached hydrogens (tertiary/aromatic N) is 2. The zero-order valence-electron chi connectivity index (χ0n) is 10.1. The average molecular weight is 462 g/mol. The fraction of sp³-hybridized carbons (Fsp3) is 0.143. The molecule has 0 aliphatic rings. The predicted octanol–water partition coefficient (Wildman–Crippen LogP) is 5.93. The molecule has 0 bridgehead atoms. The van der Waals surface area contributed by atoms with Crippen LogP contribution < -0.4 is 0 Å². The van der Waals surface area contributed by atoms with Gasteiger partial charge in [-0.3, -0.25) is 0 Å². The van der Waals surface area contributed by atoms with Gasteiger partial charge in [-0.05, 0) is 107 Å². The van der Waals surface area contributed by atoms with Crippen molar-refractivity contribution in [3.05, 3.63) is 54.7 Å². The first kappa shape index (κ1) is 13.9. The van der Waals surface area contributed by atoms with Crippen molar-refractivity contribution in [2.24, 2.45) is 10.2 Å². The Morgan fingerprint density at radius 1 is 0.722 bits per heavy atom. The Kier molecular flexibility index (Phi) is 4.71. The summed E-state index contributed by atoms with van der Waals surface area (Å²) in [4.78, 5) is 0. The van der Waals surface area contributed by atoms with Gasteiger partial charge in [-0.15, -0.1) is 0 Å². The van der Waals surface area contributed by atoms with Crippen LogP contribution in [0.2, 0.25) is 0 Å². The Hall–Kier alpha value is -0.500. The molecule has 0 aliphatic heterocycles. The summed E-state index contributed by atoms with van der Waals surface area (Å²) in [6.07, 6.45) is 0. The lowest BCUT2D eigenvalue weighted by Gasteiger charge is -2.00. The molecule has 0 atom stereocenters. The van der Waals surface area contributed by atoms with Gasteiger partial charge in [-0.2, -0.15) is 10.2 Å². The molecule has 0 heterocycles. The summed E-state index contributed by atoms with van der Waals surface area (Å²) in [7, 11) is 0. The Morgan fingerprint density at radius 2 is 1.11 bits per heavy atom. The molecular weight excluding hydrogens is 450 g/mol. The van der Waals surface area contributed by atoms with Gasteiger partial charge in [0.25, 0.3) is 0 Å². The minimum atomic E-state index is 0.893. The molecule has 2 aromatic rings. The van der Waals surface area contributed by atoms with E-state index in [-0.39, 0.29) is 0 Å². The van der Waals surface area contributed by atoms with Crippen LogP contribution in [-0.2, 0) is 0 Å². The number of azo groups is 1. The maximum atomic E-state index is 4.27. The normalized spacial score (nSPS) is 11.1. The minimum absolute atomic E-state index is 0.893. The van der Waals surface area contributed by atoms with Crippen LogP contribution in [0, 0.1) is 21.0 Å². The third kappa shape index (κ3) is 3.50. The molecule has 2 aromatic carbocycles. The Labute approximate surface area is 134 Å². The van der Waals surface area contributed by atoms with Gasteiger partial charge in [0.15, 0.2) is 0 Å². The van der Waals surface area contributed by atoms with Gasteiger partial charge in [0.1, 0.15) is 0 Å². The molecule has 0 amide bonds. The van der Waals surface area contributed by atoms with Crippen LogP contribution in [-0.4, -0.2) is 0 Å². The van der Waals surface area contributed by atoms with E-state index in [0.717, 1.165) is 11.4 Å². The lowest BCUT2D eigenvalue weighted by Crippen LogP contribution is -1.78. The quantitative estimate of drug-likeness (QED) is 0.391. The Morgan fingerprint density at radius 3 is 1.44 bits per heavy atom. The van der Waals surface area contributed by atoms with Crippen molar-refractivity contribution in [1.29, 1.82) is 0 Å². The van der Waals surface area contributed by atoms with Gasteiger partial charge in [-0.25, -0.2) is 0 Å². The van der Waals surface area contributed by atoms with Crippen molar-refractivity contribution >= 4 is 56.6 Å². The standard InChI is InChI=1S/C14H12I2N2/c1-9-7-11(3-5-13(9)15)17-18-12-4-6-14(16)10(2)8-12/h3-8H,1-2H3. The van der Waals surface area contributed by atoms with Crippen molar-refractivity contribution in [3.8, 4) is 0 Å². The van der Waals surface area contributed by atoms with Crippen LogP contribution in [0.4, 0.5) is 11.4 Å². The fourth-order valence-corrected chi connectivity index (χ4v) is 2.17. The molecule has 0 N–H and O–H groups in total. The summed E-state index contributed by atoms with van der Waals surface area (Å²) in [6, 6.07) is 12.2. The van der Waals surface area contributed by atoms with E-state index in [2.05, 4.69) is 81.4 Å². The summed E-state index contributed by atoms with van der Waals surface area (Å²) < 4.78 is 2.49. The highest BCUT2D eigenvalue weighted by atomic mass is 127. The molecule has 18 heavy (non-hydrogen) atoms. The summed E-state index contributed by atoms with van der Waals surface area (Å²) in [5.74, 6) is 0. The first-order chi connectivity index (χ1) is 8.56. The van der Waals surface area contributed by atoms with Crippen molar-refractivity contribution in [2.45, 2.75) is 13.8 Å². The molecule has 0 saturated heterocycles. The molecule has 0 saturated carbocycles. The van der Waals surface area contributed by atoms with Crippen molar-refractivity contribution in [2.75, 3.05) is 0 Å². The van der Waals surface area contributed by atoms with E-state index in [1.165, 1.54) is 18.3 Å². The zero-order valence-corrected chi connectivity index (χ0v) is 14.4. The third-order valence-corrected chi connectivity index (χ3v) is 4.98. The maximum absolute atomic E-state index is 4.27. The fourth-order valence-electron chi connectivity index (χ4n) is 1.50. The van der Waals surface area contributed by atoms with Gasteiger partial charge in [0.05, 0.1) is 11.4 Å². The lowest BCUT2D eigenvalue weighted by atomic mass is 10.2. The molecule has 2 rings (SSSR count). The van der Waals surface area contributed by atoms with Crippen LogP contribution in [0.5, 0.6) is 0 Å². The number of hydrogen-bond acceptors (Lipinski definition) is 2. The van der Waals surface area contributed by atoms with E-state index < -0.39 is 0 Å². The number of halogens is 2. The number of hydrogen-bond donors (Lipinski definition) is 0. The maximum Gasteiger partial charge on any atom is 0.0860 e. The van der Waals surface area contributed by atoms with Gasteiger partial charge < -0.3 is 0 Å². The van der Waals surface area contributed by atoms with Crippen molar-refractivity contribution < 1.29 is 0 Å². The van der Waals surface area contributed by atoms with Crippen LogP contribution in [0.25, 0.3) is 0 Å². The van der Waals surface area contributed by atoms with Crippen LogP contribution >= 0.6 is 45.2 Å². The van der Waals surface area contributed by atoms with Gasteiger partial charge >= 0.3 is 0 Å². The second kappa shape index (κ2) is 6.10. The highest BCUT2D eigenvalue weighted by Crippen LogP contribution is 2.23. The van der Waals surface area contributed by atoms with Gasteiger partial charge in [0, 0.05) is 7.14 Å². The molecule has 0 spiro atoms. The lowest BCUT2D eigenvalue weighted by molar-refractivity contribution is 1.21. The minimum Gasteiger partial charge on any atom is -0.151 e. The van der Waals surface area contributed by atoms with Crippen molar-refractivity contribution in [3.63, 3.8) is 0 Å². The first-order valence-electron chi connectivity index (χ1n) is 5.50. The molecule has 0 radical (unpaired) electrons. The highest BCUT2D eigenvalue weighted by molar-refractivity contribution is 14.1. The summed E-state index contributed by atoms with van der Waals surface area (Å²) in [6.45, 7) is 4.16. The molecule has 0 unspecified atom stereocenters. The van der Waals surface area contributed by atoms with E-state index in [4.69, 9.17) is 0 Å². The SMILES string of the molecule is Cc1cc(N=Nc2ccc(I)c(C)c2)ccc1I. The second-order valence-corrected chi connectivity index (χ2v) is 6.39. The predicted molar refractivity (Wildman–Crippen MR) is 92.0 cm³/mol. The largest absolute Gasteiger partial charge is 0.151 e. The molecule has 2 nitrogen and oxygen atoms in total. The van der Waals surface area contributed by atoms with Gasteiger partial charge in [0.2, 0.25) is 0 Å². The summed E-state index contributed by atoms with van der Waals surface area (Å²) >= 11 is 4.63. The number of aryl methyl sites for hydroxylation is 2. The highest BCUT2D eigenvalue weighted by Gasteiger charge is 1.98. The van der Waals surface area contributed by atoms with E-state index >= 15 is 0 Å². The van der Waals surface area contributed by atoms with Crippen LogP contribution in [0.3, 0.4) is 0 Å². The zero-order chi connectivity index (χ0) is 13.1. The molecule has 0 fully saturated rings. The van der Waals surface area contributed by atoms with E-state index in [9.17, 15) is 0 Å². The summed E-state index contributed by atoms with van der Waals surface area (Å²) in [5.41, 5.74) is 4.24. The Balaban J connectivity index is 2.24. The van der Waals surface area contributed by atoms with Crippen LogP contribution in [0.15, 0.2) is 46.6 Å². The monoisotopic (exact) mass is 462 g/mol. The van der Waals surface area contributed by atoms with E-state index in [1.807, 2.05) is 24.3 Å². The molecular formula is C14H12I2N2. The van der Waals surface area contributed by atoms with Gasteiger partial charge in [-0.1, -0.05) is 0 Å². The topological polar surface area (TPSA) is 24.7 Å². The van der Waals surface area contributed by atoms with Crippen molar-refractivity contribution in [1.82, 2.24) is 0 Å².